The molecule has 4 heteroatoms. The predicted molar refractivity (Wildman–Crippen MR) is 74.3 cm³/mol. The summed E-state index contributed by atoms with van der Waals surface area (Å²) in [7, 11) is 2.82. The minimum atomic E-state index is -0.946. The van der Waals surface area contributed by atoms with Crippen molar-refractivity contribution < 1.29 is 19.1 Å². The maximum absolute atomic E-state index is 12.6. The molecule has 0 heterocycles. The summed E-state index contributed by atoms with van der Waals surface area (Å²) in [5.41, 5.74) is 0.987. The lowest BCUT2D eigenvalue weighted by Crippen LogP contribution is -2.39. The van der Waals surface area contributed by atoms with E-state index in [0.717, 1.165) is 18.4 Å². The van der Waals surface area contributed by atoms with Crippen LogP contribution in [0.25, 0.3) is 0 Å². The highest BCUT2D eigenvalue weighted by Crippen LogP contribution is 2.34. The molecule has 2 rings (SSSR count). The van der Waals surface area contributed by atoms with Crippen molar-refractivity contribution >= 4 is 11.6 Å². The largest absolute Gasteiger partial charge is 0.349 e. The Morgan fingerprint density at radius 2 is 1.80 bits per heavy atom. The van der Waals surface area contributed by atoms with E-state index >= 15 is 0 Å². The van der Waals surface area contributed by atoms with Gasteiger partial charge in [-0.15, -0.1) is 0 Å². The van der Waals surface area contributed by atoms with Gasteiger partial charge in [-0.2, -0.15) is 0 Å². The smallest absolute Gasteiger partial charge is 0.218 e. The van der Waals surface area contributed by atoms with Gasteiger partial charge in [0.25, 0.3) is 0 Å². The van der Waals surface area contributed by atoms with Crippen molar-refractivity contribution in [2.24, 2.45) is 5.92 Å². The van der Waals surface area contributed by atoms with Gasteiger partial charge in [0.1, 0.15) is 0 Å². The lowest BCUT2D eigenvalue weighted by Gasteiger charge is -2.28. The molecule has 0 bridgehead atoms. The molecular formula is C16H20O4. The summed E-state index contributed by atoms with van der Waals surface area (Å²) in [6, 6.07) is 9.65. The van der Waals surface area contributed by atoms with E-state index in [0.29, 0.717) is 6.42 Å². The van der Waals surface area contributed by atoms with Crippen LogP contribution in [0.1, 0.15) is 30.7 Å². The fourth-order valence-electron chi connectivity index (χ4n) is 2.85. The number of benzene rings is 1. The molecule has 0 radical (unpaired) electrons. The molecule has 108 valence electrons. The first-order valence-corrected chi connectivity index (χ1v) is 6.87. The standard InChI is InChI=1S/C16H20O4/c1-19-16(20-2)15(18)13-10-6-9-12(14(13)17)11-7-4-3-5-8-11/h3-5,7-8,12-13,16H,6,9-10H2,1-2H3/t12-,13-/m0/s1. The van der Waals surface area contributed by atoms with Crippen LogP contribution in [0.3, 0.4) is 0 Å². The summed E-state index contributed by atoms with van der Waals surface area (Å²) in [6.45, 7) is 0. The summed E-state index contributed by atoms with van der Waals surface area (Å²) < 4.78 is 9.96. The van der Waals surface area contributed by atoms with E-state index in [2.05, 4.69) is 0 Å². The molecule has 1 aromatic carbocycles. The number of hydrogen-bond acceptors (Lipinski definition) is 4. The highest BCUT2D eigenvalue weighted by Gasteiger charge is 2.39. The van der Waals surface area contributed by atoms with Crippen molar-refractivity contribution in [3.8, 4) is 0 Å². The van der Waals surface area contributed by atoms with Crippen molar-refractivity contribution in [2.45, 2.75) is 31.5 Å². The Morgan fingerprint density at radius 3 is 2.40 bits per heavy atom. The van der Waals surface area contributed by atoms with Gasteiger partial charge < -0.3 is 9.47 Å². The number of rotatable bonds is 5. The number of ether oxygens (including phenoxy) is 2. The Morgan fingerprint density at radius 1 is 1.15 bits per heavy atom. The number of methoxy groups -OCH3 is 2. The number of carbonyl (C=O) groups is 2. The van der Waals surface area contributed by atoms with Crippen molar-refractivity contribution in [1.29, 1.82) is 0 Å². The second kappa shape index (κ2) is 6.77. The zero-order valence-corrected chi connectivity index (χ0v) is 11.9. The van der Waals surface area contributed by atoms with Crippen molar-refractivity contribution in [1.82, 2.24) is 0 Å². The van der Waals surface area contributed by atoms with Crippen LogP contribution < -0.4 is 0 Å². The highest BCUT2D eigenvalue weighted by atomic mass is 16.7. The summed E-state index contributed by atoms with van der Waals surface area (Å²) in [5.74, 6) is -1.07. The third-order valence-corrected chi connectivity index (χ3v) is 3.88. The van der Waals surface area contributed by atoms with Gasteiger partial charge >= 0.3 is 0 Å². The van der Waals surface area contributed by atoms with Gasteiger partial charge in [-0.3, -0.25) is 9.59 Å². The molecule has 0 aromatic heterocycles. The van der Waals surface area contributed by atoms with Gasteiger partial charge in [0.2, 0.25) is 6.29 Å². The van der Waals surface area contributed by atoms with E-state index in [1.165, 1.54) is 14.2 Å². The van der Waals surface area contributed by atoms with E-state index in [1.807, 2.05) is 30.3 Å². The minimum Gasteiger partial charge on any atom is -0.349 e. The quantitative estimate of drug-likeness (QED) is 0.612. The van der Waals surface area contributed by atoms with E-state index in [9.17, 15) is 9.59 Å². The average Bonchev–Trinajstić information content (AvgIpc) is 2.49. The fourth-order valence-corrected chi connectivity index (χ4v) is 2.85. The van der Waals surface area contributed by atoms with Crippen LogP contribution >= 0.6 is 0 Å². The third-order valence-electron chi connectivity index (χ3n) is 3.88. The molecule has 0 aliphatic heterocycles. The average molecular weight is 276 g/mol. The molecule has 4 nitrogen and oxygen atoms in total. The van der Waals surface area contributed by atoms with Crippen LogP contribution in [0.4, 0.5) is 0 Å². The molecule has 1 aliphatic rings. The molecule has 0 amide bonds. The first-order chi connectivity index (χ1) is 9.69. The summed E-state index contributed by atoms with van der Waals surface area (Å²) in [4.78, 5) is 24.8. The SMILES string of the molecule is COC(OC)C(=O)[C@H]1CCC[C@@H](c2ccccc2)C1=O. The van der Waals surface area contributed by atoms with Gasteiger partial charge in [0.05, 0.1) is 5.92 Å². The molecule has 0 unspecified atom stereocenters. The maximum atomic E-state index is 12.6. The lowest BCUT2D eigenvalue weighted by atomic mass is 9.75. The van der Waals surface area contributed by atoms with E-state index in [-0.39, 0.29) is 17.5 Å². The van der Waals surface area contributed by atoms with Crippen LogP contribution in [0.2, 0.25) is 0 Å². The lowest BCUT2D eigenvalue weighted by molar-refractivity contribution is -0.164. The number of Topliss-reactive ketones (excluding diaryl/α,β-unsaturated/α-hetero) is 2. The fraction of sp³-hybridized carbons (Fsp3) is 0.500. The van der Waals surface area contributed by atoms with Gasteiger partial charge in [0, 0.05) is 20.1 Å². The minimum absolute atomic E-state index is 0.00782. The third kappa shape index (κ3) is 2.97. The summed E-state index contributed by atoms with van der Waals surface area (Å²) >= 11 is 0. The highest BCUT2D eigenvalue weighted by molar-refractivity contribution is 6.06. The number of carbonyl (C=O) groups excluding carboxylic acids is 2. The van der Waals surface area contributed by atoms with Gasteiger partial charge in [-0.25, -0.2) is 0 Å². The zero-order chi connectivity index (χ0) is 14.5. The van der Waals surface area contributed by atoms with Crippen LogP contribution in [-0.2, 0) is 19.1 Å². The van der Waals surface area contributed by atoms with Gasteiger partial charge in [-0.1, -0.05) is 36.8 Å². The van der Waals surface area contributed by atoms with E-state index in [1.54, 1.807) is 0 Å². The van der Waals surface area contributed by atoms with Gasteiger partial charge in [0.15, 0.2) is 11.6 Å². The monoisotopic (exact) mass is 276 g/mol. The second-order valence-corrected chi connectivity index (χ2v) is 5.05. The van der Waals surface area contributed by atoms with Crippen molar-refractivity contribution in [3.05, 3.63) is 35.9 Å². The van der Waals surface area contributed by atoms with Gasteiger partial charge in [-0.05, 0) is 18.4 Å². The molecule has 0 N–H and O–H groups in total. The van der Waals surface area contributed by atoms with Crippen LogP contribution in [0, 0.1) is 5.92 Å². The first kappa shape index (κ1) is 14.9. The molecule has 1 aromatic rings. The molecule has 2 atom stereocenters. The number of hydrogen-bond donors (Lipinski definition) is 0. The van der Waals surface area contributed by atoms with E-state index in [4.69, 9.17) is 9.47 Å². The van der Waals surface area contributed by atoms with Crippen LogP contribution in [-0.4, -0.2) is 32.1 Å². The number of ketones is 2. The van der Waals surface area contributed by atoms with Crippen LogP contribution in [0.15, 0.2) is 30.3 Å². The molecule has 0 saturated heterocycles. The molecule has 0 spiro atoms. The molecular weight excluding hydrogens is 256 g/mol. The maximum Gasteiger partial charge on any atom is 0.218 e. The van der Waals surface area contributed by atoms with Crippen molar-refractivity contribution in [2.75, 3.05) is 14.2 Å². The van der Waals surface area contributed by atoms with Crippen molar-refractivity contribution in [3.63, 3.8) is 0 Å². The molecule has 1 fully saturated rings. The topological polar surface area (TPSA) is 52.6 Å². The second-order valence-electron chi connectivity index (χ2n) is 5.05. The van der Waals surface area contributed by atoms with Crippen LogP contribution in [0.5, 0.6) is 0 Å². The Hall–Kier alpha value is -1.52. The Balaban J connectivity index is 2.17. The summed E-state index contributed by atoms with van der Waals surface area (Å²) in [6.07, 6.45) is 1.31. The Kier molecular flexibility index (Phi) is 5.04. The molecule has 20 heavy (non-hydrogen) atoms. The predicted octanol–water partition coefficient (Wildman–Crippen LogP) is 2.33. The van der Waals surface area contributed by atoms with E-state index < -0.39 is 12.2 Å². The Bertz CT molecular complexity index is 465. The zero-order valence-electron chi connectivity index (χ0n) is 11.9. The summed E-state index contributed by atoms with van der Waals surface area (Å²) in [5, 5.41) is 0. The molecule has 1 saturated carbocycles. The normalized spacial score (nSPS) is 23.1. The molecule has 1 aliphatic carbocycles. The first-order valence-electron chi connectivity index (χ1n) is 6.87. The Labute approximate surface area is 119 Å².